The number of aliphatic imine (C=N–C) groups is 1. The van der Waals surface area contributed by atoms with Crippen LogP contribution in [-0.4, -0.2) is 15.9 Å². The van der Waals surface area contributed by atoms with Gasteiger partial charge in [0.05, 0.1) is 11.4 Å². The Kier molecular flexibility index (Phi) is 5.12. The molecule has 0 bridgehead atoms. The van der Waals surface area contributed by atoms with Crippen LogP contribution in [0.1, 0.15) is 35.7 Å². The summed E-state index contributed by atoms with van der Waals surface area (Å²) in [5.74, 6) is 0.659. The topological polar surface area (TPSA) is 38.1 Å². The van der Waals surface area contributed by atoms with Crippen molar-refractivity contribution in [3.8, 4) is 0 Å². The number of hydrogen-bond acceptors (Lipinski definition) is 3. The lowest BCUT2D eigenvalue weighted by molar-refractivity contribution is 0.867. The van der Waals surface area contributed by atoms with E-state index in [9.17, 15) is 0 Å². The zero-order chi connectivity index (χ0) is 16.8. The molecule has 0 amide bonds. The number of aromatic nitrogens is 2. The van der Waals surface area contributed by atoms with Crippen LogP contribution in [0.2, 0.25) is 0 Å². The molecule has 0 fully saturated rings. The SMILES string of the molecule is CCCc1cc(N=C(c2ccccc2)c2ccccc2)nnc1C. The van der Waals surface area contributed by atoms with Crippen molar-refractivity contribution < 1.29 is 0 Å². The molecule has 3 aromatic rings. The van der Waals surface area contributed by atoms with Crippen LogP contribution in [-0.2, 0) is 6.42 Å². The molecule has 0 aliphatic heterocycles. The Morgan fingerprint density at radius 3 is 2.00 bits per heavy atom. The number of hydrogen-bond donors (Lipinski definition) is 0. The Bertz CT molecular complexity index is 783. The minimum atomic E-state index is 0.659. The third-order valence-electron chi connectivity index (χ3n) is 3.91. The monoisotopic (exact) mass is 315 g/mol. The smallest absolute Gasteiger partial charge is 0.175 e. The van der Waals surface area contributed by atoms with Gasteiger partial charge in [0.15, 0.2) is 5.82 Å². The molecule has 3 heteroatoms. The normalized spacial score (nSPS) is 10.4. The average Bonchev–Trinajstić information content (AvgIpc) is 2.64. The molecule has 0 aliphatic rings. The largest absolute Gasteiger partial charge is 0.226 e. The van der Waals surface area contributed by atoms with Crippen LogP contribution in [0.3, 0.4) is 0 Å². The van der Waals surface area contributed by atoms with Crippen LogP contribution in [0.25, 0.3) is 0 Å². The Morgan fingerprint density at radius 2 is 1.46 bits per heavy atom. The van der Waals surface area contributed by atoms with Crippen molar-refractivity contribution in [3.63, 3.8) is 0 Å². The summed E-state index contributed by atoms with van der Waals surface area (Å²) < 4.78 is 0. The average molecular weight is 315 g/mol. The Morgan fingerprint density at radius 1 is 0.875 bits per heavy atom. The Hall–Kier alpha value is -2.81. The molecule has 0 unspecified atom stereocenters. The number of nitrogens with zero attached hydrogens (tertiary/aromatic N) is 3. The fourth-order valence-corrected chi connectivity index (χ4v) is 2.66. The second-order valence-corrected chi connectivity index (χ2v) is 5.76. The van der Waals surface area contributed by atoms with Crippen LogP contribution >= 0.6 is 0 Å². The van der Waals surface area contributed by atoms with E-state index in [1.807, 2.05) is 43.3 Å². The number of aryl methyl sites for hydroxylation is 2. The first-order valence-electron chi connectivity index (χ1n) is 8.30. The molecular formula is C21H21N3. The maximum Gasteiger partial charge on any atom is 0.175 e. The molecule has 0 spiro atoms. The van der Waals surface area contributed by atoms with Crippen LogP contribution in [0.5, 0.6) is 0 Å². The van der Waals surface area contributed by atoms with E-state index in [-0.39, 0.29) is 0 Å². The lowest BCUT2D eigenvalue weighted by Gasteiger charge is -2.08. The van der Waals surface area contributed by atoms with E-state index in [2.05, 4.69) is 47.5 Å². The van der Waals surface area contributed by atoms with Gasteiger partial charge in [0.25, 0.3) is 0 Å². The highest BCUT2D eigenvalue weighted by Gasteiger charge is 2.09. The van der Waals surface area contributed by atoms with Crippen LogP contribution in [0.15, 0.2) is 71.7 Å². The highest BCUT2D eigenvalue weighted by molar-refractivity contribution is 6.13. The van der Waals surface area contributed by atoms with E-state index in [1.165, 1.54) is 5.56 Å². The van der Waals surface area contributed by atoms with Gasteiger partial charge in [-0.2, -0.15) is 5.10 Å². The molecule has 0 saturated carbocycles. The van der Waals surface area contributed by atoms with Gasteiger partial charge in [0.1, 0.15) is 0 Å². The Labute approximate surface area is 143 Å². The minimum absolute atomic E-state index is 0.659. The van der Waals surface area contributed by atoms with E-state index in [1.54, 1.807) is 0 Å². The zero-order valence-electron chi connectivity index (χ0n) is 14.1. The van der Waals surface area contributed by atoms with Gasteiger partial charge < -0.3 is 0 Å². The Balaban J connectivity index is 2.09. The molecule has 0 radical (unpaired) electrons. The van der Waals surface area contributed by atoms with Gasteiger partial charge in [-0.05, 0) is 25.0 Å². The van der Waals surface area contributed by atoms with Crippen LogP contribution in [0, 0.1) is 6.92 Å². The molecule has 3 nitrogen and oxygen atoms in total. The van der Waals surface area contributed by atoms with Crippen molar-refractivity contribution in [2.75, 3.05) is 0 Å². The van der Waals surface area contributed by atoms with Crippen LogP contribution < -0.4 is 0 Å². The van der Waals surface area contributed by atoms with E-state index in [4.69, 9.17) is 4.99 Å². The highest BCUT2D eigenvalue weighted by Crippen LogP contribution is 2.19. The van der Waals surface area contributed by atoms with E-state index in [0.29, 0.717) is 5.82 Å². The second kappa shape index (κ2) is 7.64. The molecule has 120 valence electrons. The van der Waals surface area contributed by atoms with Crippen molar-refractivity contribution in [2.45, 2.75) is 26.7 Å². The summed E-state index contributed by atoms with van der Waals surface area (Å²) in [5, 5.41) is 8.56. The van der Waals surface area contributed by atoms with Gasteiger partial charge in [-0.15, -0.1) is 5.10 Å². The van der Waals surface area contributed by atoms with Gasteiger partial charge in [0, 0.05) is 11.1 Å². The van der Waals surface area contributed by atoms with Crippen LogP contribution in [0.4, 0.5) is 5.82 Å². The molecule has 1 heterocycles. The van der Waals surface area contributed by atoms with E-state index in [0.717, 1.165) is 35.4 Å². The summed E-state index contributed by atoms with van der Waals surface area (Å²) in [5.41, 5.74) is 5.26. The standard InChI is InChI=1S/C21H21N3/c1-3-10-19-15-20(24-23-16(19)2)22-21(17-11-6-4-7-12-17)18-13-8-5-9-14-18/h4-9,11-15H,3,10H2,1-2H3. The predicted molar refractivity (Wildman–Crippen MR) is 98.9 cm³/mol. The van der Waals surface area contributed by atoms with Gasteiger partial charge in [-0.1, -0.05) is 74.0 Å². The molecule has 0 aliphatic carbocycles. The summed E-state index contributed by atoms with van der Waals surface area (Å²) >= 11 is 0. The molecule has 24 heavy (non-hydrogen) atoms. The van der Waals surface area contributed by atoms with Gasteiger partial charge in [0.2, 0.25) is 0 Å². The maximum atomic E-state index is 4.83. The first kappa shape index (κ1) is 16.1. The predicted octanol–water partition coefficient (Wildman–Crippen LogP) is 4.91. The molecule has 3 rings (SSSR count). The lowest BCUT2D eigenvalue weighted by Crippen LogP contribution is -2.03. The maximum absolute atomic E-state index is 4.83. The van der Waals surface area contributed by atoms with Gasteiger partial charge >= 0.3 is 0 Å². The van der Waals surface area contributed by atoms with E-state index < -0.39 is 0 Å². The van der Waals surface area contributed by atoms with Gasteiger partial charge in [-0.3, -0.25) is 0 Å². The van der Waals surface area contributed by atoms with E-state index >= 15 is 0 Å². The molecule has 0 N–H and O–H groups in total. The molecular weight excluding hydrogens is 294 g/mol. The molecule has 0 saturated heterocycles. The second-order valence-electron chi connectivity index (χ2n) is 5.76. The summed E-state index contributed by atoms with van der Waals surface area (Å²) in [6.45, 7) is 4.17. The molecule has 2 aromatic carbocycles. The van der Waals surface area contributed by atoms with Gasteiger partial charge in [-0.25, -0.2) is 4.99 Å². The zero-order valence-corrected chi connectivity index (χ0v) is 14.1. The quantitative estimate of drug-likeness (QED) is 0.628. The molecule has 0 atom stereocenters. The first-order chi connectivity index (χ1) is 11.8. The minimum Gasteiger partial charge on any atom is -0.226 e. The summed E-state index contributed by atoms with van der Waals surface area (Å²) in [7, 11) is 0. The van der Waals surface area contributed by atoms with Crippen molar-refractivity contribution >= 4 is 11.5 Å². The van der Waals surface area contributed by atoms with Crippen molar-refractivity contribution in [2.24, 2.45) is 4.99 Å². The summed E-state index contributed by atoms with van der Waals surface area (Å²) in [6.07, 6.45) is 2.08. The van der Waals surface area contributed by atoms with Crippen molar-refractivity contribution in [1.82, 2.24) is 10.2 Å². The number of benzene rings is 2. The first-order valence-corrected chi connectivity index (χ1v) is 8.30. The summed E-state index contributed by atoms with van der Waals surface area (Å²) in [6, 6.07) is 22.5. The highest BCUT2D eigenvalue weighted by atomic mass is 15.2. The van der Waals surface area contributed by atoms with Crippen molar-refractivity contribution in [1.29, 1.82) is 0 Å². The molecule has 1 aromatic heterocycles. The fourth-order valence-electron chi connectivity index (χ4n) is 2.66. The fraction of sp³-hybridized carbons (Fsp3) is 0.190. The lowest BCUT2D eigenvalue weighted by atomic mass is 10.0. The third-order valence-corrected chi connectivity index (χ3v) is 3.91. The number of rotatable bonds is 5. The summed E-state index contributed by atoms with van der Waals surface area (Å²) in [4.78, 5) is 4.83. The van der Waals surface area contributed by atoms with Crippen molar-refractivity contribution in [3.05, 3.63) is 89.1 Å². The third kappa shape index (κ3) is 3.74.